The number of amides is 1. The fourth-order valence-corrected chi connectivity index (χ4v) is 2.93. The molecule has 26 heavy (non-hydrogen) atoms. The zero-order chi connectivity index (χ0) is 17.1. The summed E-state index contributed by atoms with van der Waals surface area (Å²) in [5.41, 5.74) is 1.81. The van der Waals surface area contributed by atoms with E-state index in [1.54, 1.807) is 17.1 Å². The van der Waals surface area contributed by atoms with Crippen LogP contribution >= 0.6 is 12.4 Å². The highest BCUT2D eigenvalue weighted by Gasteiger charge is 2.19. The number of carbonyl (C=O) groups excluding carboxylic acids is 1. The second-order valence-corrected chi connectivity index (χ2v) is 5.97. The summed E-state index contributed by atoms with van der Waals surface area (Å²) in [6, 6.07) is 7.68. The van der Waals surface area contributed by atoms with E-state index >= 15 is 0 Å². The molecule has 0 atom stereocenters. The number of nitrogens with zero attached hydrogens (tertiary/aromatic N) is 4. The molecule has 1 aromatic carbocycles. The summed E-state index contributed by atoms with van der Waals surface area (Å²) in [7, 11) is 0. The van der Waals surface area contributed by atoms with Crippen LogP contribution in [0.1, 0.15) is 29.4 Å². The Hall–Kier alpha value is -2.71. The molecule has 0 spiro atoms. The fraction of sp³-hybridized carbons (Fsp3) is 0.294. The Morgan fingerprint density at radius 1 is 1.31 bits per heavy atom. The van der Waals surface area contributed by atoms with Gasteiger partial charge in [-0.05, 0) is 38.1 Å². The first-order valence-corrected chi connectivity index (χ1v) is 8.22. The highest BCUT2D eigenvalue weighted by Crippen LogP contribution is 2.22. The summed E-state index contributed by atoms with van der Waals surface area (Å²) in [4.78, 5) is 16.3. The molecule has 2 N–H and O–H groups in total. The molecule has 1 amide bonds. The van der Waals surface area contributed by atoms with Gasteiger partial charge in [-0.25, -0.2) is 9.67 Å². The minimum Gasteiger partial charge on any atom is -0.444 e. The summed E-state index contributed by atoms with van der Waals surface area (Å²) in [5, 5.41) is 14.3. The van der Waals surface area contributed by atoms with Crippen LogP contribution < -0.4 is 10.6 Å². The lowest BCUT2D eigenvalue weighted by molar-refractivity contribution is 0.102. The molecular formula is C17H19ClN6O2. The van der Waals surface area contributed by atoms with Crippen molar-refractivity contribution in [2.24, 2.45) is 0 Å². The van der Waals surface area contributed by atoms with Crippen LogP contribution in [0.5, 0.6) is 0 Å². The number of carbonyl (C=O) groups is 1. The molecular weight excluding hydrogens is 356 g/mol. The van der Waals surface area contributed by atoms with E-state index in [0.29, 0.717) is 23.2 Å². The third-order valence-electron chi connectivity index (χ3n) is 4.26. The first-order valence-electron chi connectivity index (χ1n) is 8.22. The Balaban J connectivity index is 0.00000196. The second kappa shape index (κ2) is 8.11. The lowest BCUT2D eigenvalue weighted by Crippen LogP contribution is -2.29. The minimum atomic E-state index is -0.282. The third kappa shape index (κ3) is 3.92. The van der Waals surface area contributed by atoms with E-state index in [-0.39, 0.29) is 18.3 Å². The quantitative estimate of drug-likeness (QED) is 0.728. The standard InChI is InChI=1S/C17H18N6O2.ClH/c24-17(15-10-23(22-21-15)14-4-6-18-7-5-14)20-13-3-1-2-12(8-13)16-9-19-11-25-16;/h1-3,8-11,14,18H,4-7H2,(H,20,24);1H. The number of hydrogen-bond donors (Lipinski definition) is 2. The summed E-state index contributed by atoms with van der Waals surface area (Å²) in [6.07, 6.45) is 6.70. The Kier molecular flexibility index (Phi) is 5.65. The van der Waals surface area contributed by atoms with Crippen molar-refractivity contribution < 1.29 is 9.21 Å². The summed E-state index contributed by atoms with van der Waals surface area (Å²) < 4.78 is 7.07. The highest BCUT2D eigenvalue weighted by atomic mass is 35.5. The monoisotopic (exact) mass is 374 g/mol. The van der Waals surface area contributed by atoms with E-state index in [9.17, 15) is 4.79 Å². The maximum absolute atomic E-state index is 12.4. The van der Waals surface area contributed by atoms with E-state index in [1.807, 2.05) is 24.3 Å². The molecule has 136 valence electrons. The Bertz CT molecular complexity index is 858. The SMILES string of the molecule is Cl.O=C(Nc1cccc(-c2cnco2)c1)c1cn(C2CCNCC2)nn1. The zero-order valence-corrected chi connectivity index (χ0v) is 14.8. The van der Waals surface area contributed by atoms with Crippen LogP contribution in [0.2, 0.25) is 0 Å². The highest BCUT2D eigenvalue weighted by molar-refractivity contribution is 6.02. The van der Waals surface area contributed by atoms with Crippen molar-refractivity contribution in [2.45, 2.75) is 18.9 Å². The smallest absolute Gasteiger partial charge is 0.277 e. The van der Waals surface area contributed by atoms with Crippen molar-refractivity contribution in [3.8, 4) is 11.3 Å². The molecule has 3 heterocycles. The van der Waals surface area contributed by atoms with Gasteiger partial charge in [0.05, 0.1) is 18.4 Å². The summed E-state index contributed by atoms with van der Waals surface area (Å²) in [5.74, 6) is 0.364. The van der Waals surface area contributed by atoms with E-state index in [2.05, 4.69) is 25.9 Å². The van der Waals surface area contributed by atoms with Crippen LogP contribution in [0.3, 0.4) is 0 Å². The Labute approximate surface area is 156 Å². The number of halogens is 1. The minimum absolute atomic E-state index is 0. The van der Waals surface area contributed by atoms with Crippen molar-refractivity contribution in [3.63, 3.8) is 0 Å². The molecule has 9 heteroatoms. The van der Waals surface area contributed by atoms with E-state index in [1.165, 1.54) is 6.39 Å². The number of piperidine rings is 1. The lowest BCUT2D eigenvalue weighted by Gasteiger charge is -2.22. The molecule has 1 aliphatic rings. The van der Waals surface area contributed by atoms with Crippen molar-refractivity contribution in [1.82, 2.24) is 25.3 Å². The predicted molar refractivity (Wildman–Crippen MR) is 98.3 cm³/mol. The molecule has 0 aliphatic carbocycles. The van der Waals surface area contributed by atoms with Gasteiger partial charge in [0.2, 0.25) is 0 Å². The van der Waals surface area contributed by atoms with Crippen molar-refractivity contribution >= 4 is 24.0 Å². The average Bonchev–Trinajstić information content (AvgIpc) is 3.35. The van der Waals surface area contributed by atoms with Crippen LogP contribution in [0, 0.1) is 0 Å². The third-order valence-corrected chi connectivity index (χ3v) is 4.26. The molecule has 4 rings (SSSR count). The van der Waals surface area contributed by atoms with Crippen molar-refractivity contribution in [3.05, 3.63) is 48.7 Å². The largest absolute Gasteiger partial charge is 0.444 e. The topological polar surface area (TPSA) is 97.9 Å². The van der Waals surface area contributed by atoms with Crippen LogP contribution in [0.15, 0.2) is 47.5 Å². The molecule has 1 fully saturated rings. The van der Waals surface area contributed by atoms with Crippen LogP contribution in [0.25, 0.3) is 11.3 Å². The number of aromatic nitrogens is 4. The normalized spacial score (nSPS) is 14.6. The molecule has 1 aliphatic heterocycles. The molecule has 1 saturated heterocycles. The van der Waals surface area contributed by atoms with Gasteiger partial charge < -0.3 is 15.1 Å². The molecule has 0 saturated carbocycles. The molecule has 8 nitrogen and oxygen atoms in total. The first kappa shape index (κ1) is 18.1. The van der Waals surface area contributed by atoms with Gasteiger partial charge in [0.15, 0.2) is 17.8 Å². The summed E-state index contributed by atoms with van der Waals surface area (Å²) >= 11 is 0. The predicted octanol–water partition coefficient (Wildman–Crippen LogP) is 2.53. The summed E-state index contributed by atoms with van der Waals surface area (Å²) in [6.45, 7) is 1.92. The maximum Gasteiger partial charge on any atom is 0.277 e. The van der Waals surface area contributed by atoms with E-state index < -0.39 is 0 Å². The Morgan fingerprint density at radius 3 is 2.92 bits per heavy atom. The van der Waals surface area contributed by atoms with Crippen LogP contribution in [-0.2, 0) is 0 Å². The maximum atomic E-state index is 12.4. The van der Waals surface area contributed by atoms with E-state index in [0.717, 1.165) is 31.5 Å². The number of oxazole rings is 1. The Morgan fingerprint density at radius 2 is 2.15 bits per heavy atom. The van der Waals surface area contributed by atoms with Gasteiger partial charge in [-0.2, -0.15) is 0 Å². The molecule has 0 radical (unpaired) electrons. The fourth-order valence-electron chi connectivity index (χ4n) is 2.93. The number of nitrogens with one attached hydrogen (secondary N) is 2. The van der Waals surface area contributed by atoms with Gasteiger partial charge in [-0.1, -0.05) is 17.3 Å². The molecule has 2 aromatic heterocycles. The molecule has 0 bridgehead atoms. The van der Waals surface area contributed by atoms with Crippen molar-refractivity contribution in [1.29, 1.82) is 0 Å². The van der Waals surface area contributed by atoms with Gasteiger partial charge >= 0.3 is 0 Å². The lowest BCUT2D eigenvalue weighted by atomic mass is 10.1. The molecule has 3 aromatic rings. The van der Waals surface area contributed by atoms with Gasteiger partial charge in [0, 0.05) is 11.3 Å². The van der Waals surface area contributed by atoms with Gasteiger partial charge in [-0.3, -0.25) is 4.79 Å². The number of rotatable bonds is 4. The van der Waals surface area contributed by atoms with Crippen molar-refractivity contribution in [2.75, 3.05) is 18.4 Å². The van der Waals surface area contributed by atoms with Crippen LogP contribution in [0.4, 0.5) is 5.69 Å². The van der Waals surface area contributed by atoms with Crippen LogP contribution in [-0.4, -0.2) is 39.0 Å². The second-order valence-electron chi connectivity index (χ2n) is 5.97. The first-order chi connectivity index (χ1) is 12.3. The van der Waals surface area contributed by atoms with Gasteiger partial charge in [0.1, 0.15) is 0 Å². The number of anilines is 1. The van der Waals surface area contributed by atoms with Gasteiger partial charge in [0.25, 0.3) is 5.91 Å². The molecule has 0 unspecified atom stereocenters. The zero-order valence-electron chi connectivity index (χ0n) is 14.0. The average molecular weight is 375 g/mol. The van der Waals surface area contributed by atoms with E-state index in [4.69, 9.17) is 4.42 Å². The number of hydrogen-bond acceptors (Lipinski definition) is 6. The number of benzene rings is 1. The van der Waals surface area contributed by atoms with Gasteiger partial charge in [-0.15, -0.1) is 17.5 Å².